The highest BCUT2D eigenvalue weighted by molar-refractivity contribution is 5.75. The van der Waals surface area contributed by atoms with E-state index in [9.17, 15) is 4.79 Å². The Bertz CT molecular complexity index is 444. The summed E-state index contributed by atoms with van der Waals surface area (Å²) in [5.74, 6) is 0.335. The summed E-state index contributed by atoms with van der Waals surface area (Å²) in [5.41, 5.74) is 0.503. The van der Waals surface area contributed by atoms with Crippen LogP contribution >= 0.6 is 0 Å². The van der Waals surface area contributed by atoms with E-state index in [-0.39, 0.29) is 5.97 Å². The molecule has 0 heterocycles. The Balaban J connectivity index is 2.74. The van der Waals surface area contributed by atoms with E-state index in [1.165, 1.54) is 0 Å². The molecule has 1 rings (SSSR count). The quantitative estimate of drug-likeness (QED) is 0.601. The number of allylic oxidation sites excluding steroid dienone is 1. The summed E-state index contributed by atoms with van der Waals surface area (Å²) in [4.78, 5) is 11.9. The van der Waals surface area contributed by atoms with Gasteiger partial charge in [0, 0.05) is 0 Å². The van der Waals surface area contributed by atoms with Gasteiger partial charge in [0.15, 0.2) is 6.10 Å². The summed E-state index contributed by atoms with van der Waals surface area (Å²) in [6.07, 6.45) is 1.88. The molecular formula is C16H22O3. The minimum atomic E-state index is -0.634. The molecule has 0 saturated carbocycles. The molecule has 0 amide bonds. The number of ether oxygens (including phenoxy) is 2. The van der Waals surface area contributed by atoms with Gasteiger partial charge in [0.05, 0.1) is 0 Å². The molecule has 0 aliphatic rings. The second-order valence-corrected chi connectivity index (χ2v) is 5.39. The normalized spacial score (nSPS) is 12.6. The lowest BCUT2D eigenvalue weighted by Gasteiger charge is -2.23. The van der Waals surface area contributed by atoms with Crippen molar-refractivity contribution in [3.05, 3.63) is 42.5 Å². The van der Waals surface area contributed by atoms with Crippen molar-refractivity contribution in [2.45, 2.75) is 45.8 Å². The lowest BCUT2D eigenvalue weighted by Crippen LogP contribution is -2.33. The Labute approximate surface area is 115 Å². The van der Waals surface area contributed by atoms with Crippen LogP contribution in [0.5, 0.6) is 5.75 Å². The van der Waals surface area contributed by atoms with E-state index in [1.807, 2.05) is 45.0 Å². The van der Waals surface area contributed by atoms with Crippen molar-refractivity contribution in [3.63, 3.8) is 0 Å². The van der Waals surface area contributed by atoms with Gasteiger partial charge in [-0.05, 0) is 45.7 Å². The number of hydrogen-bond acceptors (Lipinski definition) is 3. The van der Waals surface area contributed by atoms with E-state index < -0.39 is 11.7 Å². The van der Waals surface area contributed by atoms with Crippen molar-refractivity contribution in [1.29, 1.82) is 0 Å². The second kappa shape index (κ2) is 6.41. The van der Waals surface area contributed by atoms with Crippen LogP contribution in [0.3, 0.4) is 0 Å². The van der Waals surface area contributed by atoms with E-state index in [0.29, 0.717) is 12.2 Å². The van der Waals surface area contributed by atoms with Crippen LogP contribution in [0.2, 0.25) is 0 Å². The third-order valence-corrected chi connectivity index (χ3v) is 2.38. The first kappa shape index (κ1) is 15.3. The summed E-state index contributed by atoms with van der Waals surface area (Å²) >= 11 is 0. The number of rotatable bonds is 5. The van der Waals surface area contributed by atoms with Crippen LogP contribution in [0.4, 0.5) is 0 Å². The van der Waals surface area contributed by atoms with Gasteiger partial charge in [-0.25, -0.2) is 4.79 Å². The van der Waals surface area contributed by atoms with Gasteiger partial charge in [-0.2, -0.15) is 0 Å². The molecule has 3 heteroatoms. The van der Waals surface area contributed by atoms with Crippen LogP contribution < -0.4 is 4.74 Å². The third kappa shape index (κ3) is 5.16. The minimum Gasteiger partial charge on any atom is -0.479 e. The molecule has 3 nitrogen and oxygen atoms in total. The molecule has 0 saturated heterocycles. The Morgan fingerprint density at radius 1 is 1.37 bits per heavy atom. The number of benzene rings is 1. The van der Waals surface area contributed by atoms with Crippen LogP contribution in [0.1, 0.15) is 33.3 Å². The summed E-state index contributed by atoms with van der Waals surface area (Å²) < 4.78 is 11.0. The predicted molar refractivity (Wildman–Crippen MR) is 76.3 cm³/mol. The molecular weight excluding hydrogens is 240 g/mol. The molecule has 0 bridgehead atoms. The third-order valence-electron chi connectivity index (χ3n) is 2.38. The topological polar surface area (TPSA) is 35.5 Å². The molecule has 1 unspecified atom stereocenters. The molecule has 1 aromatic rings. The average molecular weight is 262 g/mol. The molecule has 0 aromatic heterocycles. The molecule has 0 fully saturated rings. The van der Waals surface area contributed by atoms with Crippen LogP contribution in [0.25, 0.3) is 0 Å². The van der Waals surface area contributed by atoms with E-state index >= 15 is 0 Å². The molecule has 1 aromatic carbocycles. The van der Waals surface area contributed by atoms with Crippen molar-refractivity contribution < 1.29 is 14.3 Å². The van der Waals surface area contributed by atoms with Crippen molar-refractivity contribution >= 4 is 5.97 Å². The van der Waals surface area contributed by atoms with E-state index in [0.717, 1.165) is 5.56 Å². The highest BCUT2D eigenvalue weighted by atomic mass is 16.6. The SMILES string of the molecule is C=CCc1ccccc1OC(C)C(=O)OC(C)(C)C. The smallest absolute Gasteiger partial charge is 0.347 e. The van der Waals surface area contributed by atoms with Crippen molar-refractivity contribution in [1.82, 2.24) is 0 Å². The van der Waals surface area contributed by atoms with Crippen molar-refractivity contribution in [2.24, 2.45) is 0 Å². The second-order valence-electron chi connectivity index (χ2n) is 5.39. The molecule has 104 valence electrons. The van der Waals surface area contributed by atoms with Gasteiger partial charge in [-0.15, -0.1) is 6.58 Å². The van der Waals surface area contributed by atoms with Gasteiger partial charge < -0.3 is 9.47 Å². The number of para-hydroxylation sites is 1. The highest BCUT2D eigenvalue weighted by Crippen LogP contribution is 2.21. The molecule has 0 spiro atoms. The Morgan fingerprint density at radius 3 is 2.58 bits per heavy atom. The van der Waals surface area contributed by atoms with Gasteiger partial charge in [-0.1, -0.05) is 24.3 Å². The van der Waals surface area contributed by atoms with E-state index in [2.05, 4.69) is 6.58 Å². The number of carbonyl (C=O) groups excluding carboxylic acids is 1. The number of carbonyl (C=O) groups is 1. The Hall–Kier alpha value is -1.77. The molecule has 19 heavy (non-hydrogen) atoms. The molecule has 0 aliphatic heterocycles. The minimum absolute atomic E-state index is 0.360. The molecule has 0 aliphatic carbocycles. The fourth-order valence-electron chi connectivity index (χ4n) is 1.57. The molecule has 1 atom stereocenters. The monoisotopic (exact) mass is 262 g/mol. The molecule has 0 N–H and O–H groups in total. The zero-order chi connectivity index (χ0) is 14.5. The molecule has 0 radical (unpaired) electrons. The van der Waals surface area contributed by atoms with Crippen LogP contribution in [-0.2, 0) is 16.0 Å². The lowest BCUT2D eigenvalue weighted by atomic mass is 10.1. The number of esters is 1. The standard InChI is InChI=1S/C16H22O3/c1-6-9-13-10-7-8-11-14(13)18-12(2)15(17)19-16(3,4)5/h6-8,10-12H,1,9H2,2-5H3. The maximum absolute atomic E-state index is 11.9. The van der Waals surface area contributed by atoms with Crippen LogP contribution in [0.15, 0.2) is 36.9 Å². The summed E-state index contributed by atoms with van der Waals surface area (Å²) in [5, 5.41) is 0. The zero-order valence-electron chi connectivity index (χ0n) is 12.1. The maximum atomic E-state index is 11.9. The fourth-order valence-corrected chi connectivity index (χ4v) is 1.57. The average Bonchev–Trinajstić information content (AvgIpc) is 2.29. The van der Waals surface area contributed by atoms with E-state index in [1.54, 1.807) is 13.0 Å². The van der Waals surface area contributed by atoms with Gasteiger partial charge in [-0.3, -0.25) is 0 Å². The summed E-state index contributed by atoms with van der Waals surface area (Å²) in [6.45, 7) is 10.9. The van der Waals surface area contributed by atoms with E-state index in [4.69, 9.17) is 9.47 Å². The summed E-state index contributed by atoms with van der Waals surface area (Å²) in [7, 11) is 0. The van der Waals surface area contributed by atoms with Crippen LogP contribution in [-0.4, -0.2) is 17.7 Å². The largest absolute Gasteiger partial charge is 0.479 e. The zero-order valence-corrected chi connectivity index (χ0v) is 12.1. The Morgan fingerprint density at radius 2 is 2.00 bits per heavy atom. The fraction of sp³-hybridized carbons (Fsp3) is 0.438. The summed E-state index contributed by atoms with van der Waals surface area (Å²) in [6, 6.07) is 7.62. The van der Waals surface area contributed by atoms with Crippen molar-refractivity contribution in [3.8, 4) is 5.75 Å². The first-order valence-electron chi connectivity index (χ1n) is 6.42. The van der Waals surface area contributed by atoms with Gasteiger partial charge in [0.1, 0.15) is 11.4 Å². The number of hydrogen-bond donors (Lipinski definition) is 0. The highest BCUT2D eigenvalue weighted by Gasteiger charge is 2.23. The first-order valence-corrected chi connectivity index (χ1v) is 6.42. The van der Waals surface area contributed by atoms with Gasteiger partial charge in [0.2, 0.25) is 0 Å². The first-order chi connectivity index (χ1) is 8.83. The van der Waals surface area contributed by atoms with Gasteiger partial charge in [0.25, 0.3) is 0 Å². The predicted octanol–water partition coefficient (Wildman–Crippen LogP) is 3.52. The van der Waals surface area contributed by atoms with Gasteiger partial charge >= 0.3 is 5.97 Å². The van der Waals surface area contributed by atoms with Crippen molar-refractivity contribution in [2.75, 3.05) is 0 Å². The lowest BCUT2D eigenvalue weighted by molar-refractivity contribution is -0.162. The maximum Gasteiger partial charge on any atom is 0.347 e. The Kier molecular flexibility index (Phi) is 5.16. The van der Waals surface area contributed by atoms with Crippen LogP contribution in [0, 0.1) is 0 Å².